The Hall–Kier alpha value is -3.47. The van der Waals surface area contributed by atoms with Crippen LogP contribution in [-0.4, -0.2) is 33.5 Å². The van der Waals surface area contributed by atoms with Crippen LogP contribution in [0.1, 0.15) is 25.3 Å². The van der Waals surface area contributed by atoms with E-state index >= 15 is 0 Å². The number of hydrogen-bond donors (Lipinski definition) is 2. The van der Waals surface area contributed by atoms with E-state index in [0.717, 1.165) is 0 Å². The molecule has 0 spiro atoms. The molecule has 1 aliphatic heterocycles. The average molecular weight is 365 g/mol. The first kappa shape index (κ1) is 18.3. The van der Waals surface area contributed by atoms with Gasteiger partial charge < -0.3 is 10.4 Å². The van der Waals surface area contributed by atoms with Gasteiger partial charge >= 0.3 is 5.97 Å². The van der Waals surface area contributed by atoms with Gasteiger partial charge in [-0.3, -0.25) is 14.5 Å². The van der Waals surface area contributed by atoms with Crippen LogP contribution in [-0.2, 0) is 16.0 Å². The number of amides is 1. The fourth-order valence-electron chi connectivity index (χ4n) is 3.12. The fourth-order valence-corrected chi connectivity index (χ4v) is 3.12. The van der Waals surface area contributed by atoms with Crippen molar-refractivity contribution < 1.29 is 14.7 Å². The lowest BCUT2D eigenvalue weighted by molar-refractivity contribution is -0.136. The second-order valence-electron chi connectivity index (χ2n) is 6.39. The Kier molecular flexibility index (Phi) is 5.03. The molecule has 138 valence electrons. The van der Waals surface area contributed by atoms with Crippen molar-refractivity contribution in [2.24, 2.45) is 5.41 Å². The highest BCUT2D eigenvalue weighted by Crippen LogP contribution is 2.36. The summed E-state index contributed by atoms with van der Waals surface area (Å²) in [6.45, 7) is 2.27. The van der Waals surface area contributed by atoms with Gasteiger partial charge in [-0.25, -0.2) is 4.98 Å². The zero-order chi connectivity index (χ0) is 19.4. The van der Waals surface area contributed by atoms with E-state index in [2.05, 4.69) is 21.4 Å². The van der Waals surface area contributed by atoms with Crippen molar-refractivity contribution in [3.8, 4) is 6.07 Å². The number of nitrogens with zero attached hydrogens (tertiary/aromatic N) is 4. The van der Waals surface area contributed by atoms with Crippen LogP contribution in [0.25, 0.3) is 0 Å². The molecule has 2 aromatic rings. The van der Waals surface area contributed by atoms with Crippen LogP contribution >= 0.6 is 0 Å². The number of anilines is 3. The van der Waals surface area contributed by atoms with Gasteiger partial charge in [0.1, 0.15) is 11.2 Å². The van der Waals surface area contributed by atoms with Gasteiger partial charge in [-0.05, 0) is 36.6 Å². The molecule has 1 saturated heterocycles. The predicted molar refractivity (Wildman–Crippen MR) is 98.4 cm³/mol. The second kappa shape index (κ2) is 7.41. The van der Waals surface area contributed by atoms with Gasteiger partial charge in [-0.1, -0.05) is 19.1 Å². The van der Waals surface area contributed by atoms with E-state index in [1.54, 1.807) is 30.3 Å². The van der Waals surface area contributed by atoms with Gasteiger partial charge in [0.05, 0.1) is 12.5 Å². The summed E-state index contributed by atoms with van der Waals surface area (Å²) in [6.07, 6.45) is 2.40. The summed E-state index contributed by atoms with van der Waals surface area (Å²) in [6, 6.07) is 10.8. The van der Waals surface area contributed by atoms with Crippen molar-refractivity contribution in [2.45, 2.75) is 26.2 Å². The van der Waals surface area contributed by atoms with Gasteiger partial charge in [-0.2, -0.15) is 10.2 Å². The van der Waals surface area contributed by atoms with E-state index < -0.39 is 11.4 Å². The maximum atomic E-state index is 12.7. The topological polar surface area (TPSA) is 119 Å². The molecule has 27 heavy (non-hydrogen) atoms. The maximum Gasteiger partial charge on any atom is 0.307 e. The smallest absolute Gasteiger partial charge is 0.307 e. The summed E-state index contributed by atoms with van der Waals surface area (Å²) in [5.41, 5.74) is 0.322. The van der Waals surface area contributed by atoms with Crippen molar-refractivity contribution in [1.82, 2.24) is 9.97 Å². The number of aromatic nitrogens is 2. The van der Waals surface area contributed by atoms with E-state index in [1.807, 2.05) is 6.92 Å². The maximum absolute atomic E-state index is 12.7. The number of carbonyl (C=O) groups is 2. The molecule has 1 aliphatic rings. The third-order valence-electron chi connectivity index (χ3n) is 4.69. The van der Waals surface area contributed by atoms with Gasteiger partial charge in [-0.15, -0.1) is 0 Å². The quantitative estimate of drug-likeness (QED) is 0.807. The molecule has 0 bridgehead atoms. The van der Waals surface area contributed by atoms with Crippen molar-refractivity contribution in [3.63, 3.8) is 0 Å². The van der Waals surface area contributed by atoms with Crippen LogP contribution in [0.3, 0.4) is 0 Å². The minimum absolute atomic E-state index is 0.0774. The molecule has 1 aromatic carbocycles. The lowest BCUT2D eigenvalue weighted by Gasteiger charge is -2.19. The normalized spacial score (nSPS) is 19.0. The minimum Gasteiger partial charge on any atom is -0.481 e. The van der Waals surface area contributed by atoms with Crippen LogP contribution in [0.2, 0.25) is 0 Å². The number of nitrogens with one attached hydrogen (secondary N) is 1. The highest BCUT2D eigenvalue weighted by Gasteiger charge is 2.46. The number of carboxylic acids is 1. The molecule has 0 saturated carbocycles. The van der Waals surface area contributed by atoms with Crippen molar-refractivity contribution in [3.05, 3.63) is 42.1 Å². The lowest BCUT2D eigenvalue weighted by atomic mass is 9.85. The summed E-state index contributed by atoms with van der Waals surface area (Å²) in [4.78, 5) is 33.6. The Labute approximate surface area is 156 Å². The first-order valence-electron chi connectivity index (χ1n) is 8.61. The van der Waals surface area contributed by atoms with Gasteiger partial charge in [0.15, 0.2) is 0 Å². The predicted octanol–water partition coefficient (Wildman–Crippen LogP) is 2.50. The Morgan fingerprint density at radius 3 is 2.93 bits per heavy atom. The molecule has 1 fully saturated rings. The van der Waals surface area contributed by atoms with E-state index in [9.17, 15) is 14.9 Å². The molecule has 2 N–H and O–H groups in total. The standard InChI is InChI=1S/C19H19N5O3/c1-2-19(12-20)7-9-24(17(19)27)15-6-8-21-18(23-15)22-14-5-3-4-13(10-14)11-16(25)26/h3-6,8,10H,2,7,9,11H2,1H3,(H,25,26)(H,21,22,23)/t19-/m1/s1. The van der Waals surface area contributed by atoms with Crippen molar-refractivity contribution >= 4 is 29.3 Å². The molecule has 2 heterocycles. The molecule has 1 atom stereocenters. The van der Waals surface area contributed by atoms with Crippen molar-refractivity contribution in [1.29, 1.82) is 5.26 Å². The summed E-state index contributed by atoms with van der Waals surface area (Å²) < 4.78 is 0. The minimum atomic E-state index is -0.982. The molecule has 0 unspecified atom stereocenters. The average Bonchev–Trinajstić information content (AvgIpc) is 2.98. The van der Waals surface area contributed by atoms with Crippen LogP contribution in [0.15, 0.2) is 36.5 Å². The number of hydrogen-bond acceptors (Lipinski definition) is 6. The van der Waals surface area contributed by atoms with Gasteiger partial charge in [0.25, 0.3) is 0 Å². The SMILES string of the molecule is CC[C@]1(C#N)CCN(c2ccnc(Nc3cccc(CC(=O)O)c3)n2)C1=O. The van der Waals surface area contributed by atoms with E-state index in [-0.39, 0.29) is 12.3 Å². The highest BCUT2D eigenvalue weighted by molar-refractivity contribution is 6.01. The number of aliphatic carboxylic acids is 1. The molecule has 0 radical (unpaired) electrons. The summed E-state index contributed by atoms with van der Waals surface area (Å²) in [5.74, 6) is -0.418. The molecule has 3 rings (SSSR count). The van der Waals surface area contributed by atoms with Crippen molar-refractivity contribution in [2.75, 3.05) is 16.8 Å². The third-order valence-corrected chi connectivity index (χ3v) is 4.69. The van der Waals surface area contributed by atoms with Gasteiger partial charge in [0.2, 0.25) is 11.9 Å². The van der Waals surface area contributed by atoms with Crippen LogP contribution < -0.4 is 10.2 Å². The Balaban J connectivity index is 1.80. The molecule has 8 heteroatoms. The largest absolute Gasteiger partial charge is 0.481 e. The van der Waals surface area contributed by atoms with E-state index in [1.165, 1.54) is 11.1 Å². The molecule has 1 aromatic heterocycles. The number of nitriles is 1. The van der Waals surface area contributed by atoms with Crippen LogP contribution in [0.5, 0.6) is 0 Å². The molecule has 0 aliphatic carbocycles. The summed E-state index contributed by atoms with van der Waals surface area (Å²) in [7, 11) is 0. The molecular formula is C19H19N5O3. The first-order valence-corrected chi connectivity index (χ1v) is 8.61. The Bertz CT molecular complexity index is 924. The number of benzene rings is 1. The van der Waals surface area contributed by atoms with E-state index in [4.69, 9.17) is 5.11 Å². The van der Waals surface area contributed by atoms with Gasteiger partial charge in [0, 0.05) is 18.4 Å². The Morgan fingerprint density at radius 1 is 1.44 bits per heavy atom. The molecule has 8 nitrogen and oxygen atoms in total. The molecule has 1 amide bonds. The number of rotatable bonds is 6. The zero-order valence-electron chi connectivity index (χ0n) is 14.8. The first-order chi connectivity index (χ1) is 13.0. The number of carbonyl (C=O) groups excluding carboxylic acids is 1. The van der Waals surface area contributed by atoms with Crippen LogP contribution in [0.4, 0.5) is 17.5 Å². The molecular weight excluding hydrogens is 346 g/mol. The fraction of sp³-hybridized carbons (Fsp3) is 0.316. The summed E-state index contributed by atoms with van der Waals surface area (Å²) >= 11 is 0. The summed E-state index contributed by atoms with van der Waals surface area (Å²) in [5, 5.41) is 21.3. The second-order valence-corrected chi connectivity index (χ2v) is 6.39. The zero-order valence-corrected chi connectivity index (χ0v) is 14.8. The third kappa shape index (κ3) is 3.72. The Morgan fingerprint density at radius 2 is 2.26 bits per heavy atom. The lowest BCUT2D eigenvalue weighted by Crippen LogP contribution is -2.33. The monoisotopic (exact) mass is 365 g/mol. The van der Waals surface area contributed by atoms with Crippen LogP contribution in [0, 0.1) is 16.7 Å². The number of carboxylic acid groups (broad SMARTS) is 1. The van der Waals surface area contributed by atoms with E-state index in [0.29, 0.717) is 42.4 Å². The highest BCUT2D eigenvalue weighted by atomic mass is 16.4.